The number of nitrogens with zero attached hydrogens (tertiary/aromatic N) is 2. The standard InChI is InChI=1S/C17H22N4O/c1-2-18-11-13-6-5-7-14(10-13)20-17(22)15-12-19-21-9-4-3-8-16(15)21/h5-7,10,12,18H,2-4,8-9,11H2,1H3,(H,20,22). The van der Waals surface area contributed by atoms with Gasteiger partial charge in [-0.05, 0) is 43.5 Å². The number of carbonyl (C=O) groups excluding carboxylic acids is 1. The summed E-state index contributed by atoms with van der Waals surface area (Å²) in [5.41, 5.74) is 3.76. The largest absolute Gasteiger partial charge is 0.322 e. The van der Waals surface area contributed by atoms with Crippen molar-refractivity contribution in [1.29, 1.82) is 0 Å². The maximum atomic E-state index is 12.5. The molecule has 2 aromatic rings. The first kappa shape index (κ1) is 14.8. The van der Waals surface area contributed by atoms with E-state index in [0.717, 1.165) is 55.8 Å². The molecule has 0 aliphatic carbocycles. The average molecular weight is 298 g/mol. The fourth-order valence-corrected chi connectivity index (χ4v) is 2.84. The lowest BCUT2D eigenvalue weighted by atomic mass is 10.1. The molecule has 5 heteroatoms. The fourth-order valence-electron chi connectivity index (χ4n) is 2.84. The molecule has 2 N–H and O–H groups in total. The van der Waals surface area contributed by atoms with E-state index in [9.17, 15) is 4.79 Å². The lowest BCUT2D eigenvalue weighted by molar-refractivity contribution is 0.102. The van der Waals surface area contributed by atoms with Gasteiger partial charge in [0, 0.05) is 18.8 Å². The Labute approximate surface area is 130 Å². The van der Waals surface area contributed by atoms with Crippen LogP contribution in [0.2, 0.25) is 0 Å². The molecule has 116 valence electrons. The van der Waals surface area contributed by atoms with Crippen LogP contribution in [0.4, 0.5) is 5.69 Å². The highest BCUT2D eigenvalue weighted by Gasteiger charge is 2.19. The molecule has 1 aliphatic heterocycles. The molecule has 1 amide bonds. The Balaban J connectivity index is 1.73. The minimum absolute atomic E-state index is 0.0660. The molecule has 0 atom stereocenters. The third kappa shape index (κ3) is 3.20. The number of benzene rings is 1. The Morgan fingerprint density at radius 2 is 2.27 bits per heavy atom. The molecule has 0 saturated carbocycles. The second-order valence-electron chi connectivity index (χ2n) is 5.62. The first-order valence-electron chi connectivity index (χ1n) is 7.93. The second-order valence-corrected chi connectivity index (χ2v) is 5.62. The highest BCUT2D eigenvalue weighted by Crippen LogP contribution is 2.19. The zero-order valence-corrected chi connectivity index (χ0v) is 12.9. The number of amides is 1. The van der Waals surface area contributed by atoms with Crippen molar-refractivity contribution in [2.75, 3.05) is 11.9 Å². The lowest BCUT2D eigenvalue weighted by Crippen LogP contribution is -2.18. The van der Waals surface area contributed by atoms with Gasteiger partial charge < -0.3 is 10.6 Å². The predicted octanol–water partition coefficient (Wildman–Crippen LogP) is 2.58. The van der Waals surface area contributed by atoms with Gasteiger partial charge in [-0.2, -0.15) is 5.10 Å². The zero-order chi connectivity index (χ0) is 15.4. The molecule has 1 aromatic carbocycles. The molecule has 0 spiro atoms. The van der Waals surface area contributed by atoms with Gasteiger partial charge in [0.2, 0.25) is 0 Å². The van der Waals surface area contributed by atoms with Gasteiger partial charge in [0.1, 0.15) is 0 Å². The predicted molar refractivity (Wildman–Crippen MR) is 86.9 cm³/mol. The van der Waals surface area contributed by atoms with Crippen molar-refractivity contribution in [3.8, 4) is 0 Å². The Kier molecular flexibility index (Phi) is 4.53. The number of hydrogen-bond donors (Lipinski definition) is 2. The summed E-state index contributed by atoms with van der Waals surface area (Å²) < 4.78 is 1.96. The molecule has 0 fully saturated rings. The fraction of sp³-hybridized carbons (Fsp3) is 0.412. The van der Waals surface area contributed by atoms with E-state index in [-0.39, 0.29) is 5.91 Å². The van der Waals surface area contributed by atoms with Crippen molar-refractivity contribution >= 4 is 11.6 Å². The monoisotopic (exact) mass is 298 g/mol. The van der Waals surface area contributed by atoms with Crippen LogP contribution in [-0.4, -0.2) is 22.2 Å². The Bertz CT molecular complexity index is 662. The van der Waals surface area contributed by atoms with Gasteiger partial charge in [0.25, 0.3) is 5.91 Å². The summed E-state index contributed by atoms with van der Waals surface area (Å²) in [7, 11) is 0. The highest BCUT2D eigenvalue weighted by molar-refractivity contribution is 6.05. The number of hydrogen-bond acceptors (Lipinski definition) is 3. The van der Waals surface area contributed by atoms with Crippen LogP contribution in [-0.2, 0) is 19.5 Å². The van der Waals surface area contributed by atoms with Crippen LogP contribution in [0.1, 0.15) is 41.4 Å². The number of anilines is 1. The second kappa shape index (κ2) is 6.75. The van der Waals surface area contributed by atoms with Gasteiger partial charge in [-0.3, -0.25) is 9.48 Å². The summed E-state index contributed by atoms with van der Waals surface area (Å²) in [5.74, 6) is -0.0660. The minimum atomic E-state index is -0.0660. The molecule has 22 heavy (non-hydrogen) atoms. The first-order chi connectivity index (χ1) is 10.8. The quantitative estimate of drug-likeness (QED) is 0.892. The van der Waals surface area contributed by atoms with Gasteiger partial charge in [0.15, 0.2) is 0 Å². The van der Waals surface area contributed by atoms with Gasteiger partial charge >= 0.3 is 0 Å². The van der Waals surface area contributed by atoms with E-state index in [4.69, 9.17) is 0 Å². The van der Waals surface area contributed by atoms with Crippen molar-refractivity contribution in [2.24, 2.45) is 0 Å². The number of carbonyl (C=O) groups is 1. The van der Waals surface area contributed by atoms with Crippen LogP contribution in [0, 0.1) is 0 Å². The molecule has 5 nitrogen and oxygen atoms in total. The number of rotatable bonds is 5. The Morgan fingerprint density at radius 1 is 1.36 bits per heavy atom. The number of nitrogens with one attached hydrogen (secondary N) is 2. The van der Waals surface area contributed by atoms with Gasteiger partial charge in [0.05, 0.1) is 17.5 Å². The van der Waals surface area contributed by atoms with Crippen molar-refractivity contribution < 1.29 is 4.79 Å². The number of aryl methyl sites for hydroxylation is 1. The van der Waals surface area contributed by atoms with Crippen molar-refractivity contribution in [1.82, 2.24) is 15.1 Å². The molecule has 1 aliphatic rings. The Hall–Kier alpha value is -2.14. The van der Waals surface area contributed by atoms with E-state index in [2.05, 4.69) is 28.7 Å². The van der Waals surface area contributed by atoms with Crippen LogP contribution in [0.5, 0.6) is 0 Å². The van der Waals surface area contributed by atoms with Crippen LogP contribution >= 0.6 is 0 Å². The van der Waals surface area contributed by atoms with E-state index in [1.165, 1.54) is 0 Å². The van der Waals surface area contributed by atoms with Crippen LogP contribution in [0.15, 0.2) is 30.5 Å². The number of aromatic nitrogens is 2. The van der Waals surface area contributed by atoms with Crippen LogP contribution in [0.3, 0.4) is 0 Å². The smallest absolute Gasteiger partial charge is 0.259 e. The molecule has 0 bridgehead atoms. The van der Waals surface area contributed by atoms with Crippen molar-refractivity contribution in [2.45, 2.75) is 39.3 Å². The summed E-state index contributed by atoms with van der Waals surface area (Å²) in [6.07, 6.45) is 4.90. The zero-order valence-electron chi connectivity index (χ0n) is 12.9. The van der Waals surface area contributed by atoms with E-state index < -0.39 is 0 Å². The molecule has 0 radical (unpaired) electrons. The molecule has 0 saturated heterocycles. The topological polar surface area (TPSA) is 58.9 Å². The maximum absolute atomic E-state index is 12.5. The van der Waals surface area contributed by atoms with E-state index in [1.54, 1.807) is 6.20 Å². The van der Waals surface area contributed by atoms with E-state index in [1.807, 2.05) is 22.9 Å². The molecule has 2 heterocycles. The third-order valence-corrected chi connectivity index (χ3v) is 3.99. The highest BCUT2D eigenvalue weighted by atomic mass is 16.1. The van der Waals surface area contributed by atoms with Gasteiger partial charge in [-0.15, -0.1) is 0 Å². The van der Waals surface area contributed by atoms with Gasteiger partial charge in [-0.25, -0.2) is 0 Å². The maximum Gasteiger partial charge on any atom is 0.259 e. The molecular formula is C17H22N4O. The first-order valence-corrected chi connectivity index (χ1v) is 7.93. The molecular weight excluding hydrogens is 276 g/mol. The average Bonchev–Trinajstić information content (AvgIpc) is 2.97. The molecule has 3 rings (SSSR count). The Morgan fingerprint density at radius 3 is 3.14 bits per heavy atom. The minimum Gasteiger partial charge on any atom is -0.322 e. The van der Waals surface area contributed by atoms with Crippen molar-refractivity contribution in [3.63, 3.8) is 0 Å². The lowest BCUT2D eigenvalue weighted by Gasteiger charge is -2.14. The SMILES string of the molecule is CCNCc1cccc(NC(=O)c2cnn3c2CCCC3)c1. The van der Waals surface area contributed by atoms with E-state index >= 15 is 0 Å². The third-order valence-electron chi connectivity index (χ3n) is 3.99. The summed E-state index contributed by atoms with van der Waals surface area (Å²) in [6, 6.07) is 7.95. The summed E-state index contributed by atoms with van der Waals surface area (Å²) in [5, 5.41) is 10.6. The van der Waals surface area contributed by atoms with Gasteiger partial charge in [-0.1, -0.05) is 19.1 Å². The summed E-state index contributed by atoms with van der Waals surface area (Å²) >= 11 is 0. The van der Waals surface area contributed by atoms with E-state index in [0.29, 0.717) is 5.56 Å². The summed E-state index contributed by atoms with van der Waals surface area (Å²) in [6.45, 7) is 4.73. The molecule has 0 unspecified atom stereocenters. The summed E-state index contributed by atoms with van der Waals surface area (Å²) in [4.78, 5) is 12.5. The van der Waals surface area contributed by atoms with Crippen LogP contribution < -0.4 is 10.6 Å². The van der Waals surface area contributed by atoms with Crippen LogP contribution in [0.25, 0.3) is 0 Å². The number of fused-ring (bicyclic) bond motifs is 1. The normalized spacial score (nSPS) is 13.7. The molecule has 1 aromatic heterocycles. The van der Waals surface area contributed by atoms with Crippen molar-refractivity contribution in [3.05, 3.63) is 47.3 Å².